The Balaban J connectivity index is 1.95. The number of carbonyl (C=O) groups is 1. The molecule has 3 heteroatoms. The average molecular weight is 246 g/mol. The molecule has 98 valence electrons. The van der Waals surface area contributed by atoms with Crippen LogP contribution in [-0.2, 0) is 4.79 Å². The van der Waals surface area contributed by atoms with Crippen molar-refractivity contribution >= 4 is 5.91 Å². The largest absolute Gasteiger partial charge is 0.352 e. The van der Waals surface area contributed by atoms with Crippen LogP contribution in [0.1, 0.15) is 31.7 Å². The van der Waals surface area contributed by atoms with Crippen molar-refractivity contribution in [3.8, 4) is 0 Å². The predicted molar refractivity (Wildman–Crippen MR) is 73.4 cm³/mol. The topological polar surface area (TPSA) is 41.1 Å². The maximum atomic E-state index is 12.2. The number of amides is 1. The van der Waals surface area contributed by atoms with Gasteiger partial charge in [0.25, 0.3) is 0 Å². The molecule has 1 amide bonds. The van der Waals surface area contributed by atoms with Gasteiger partial charge in [0.2, 0.25) is 5.91 Å². The summed E-state index contributed by atoms with van der Waals surface area (Å²) in [6.07, 6.45) is 1.02. The van der Waals surface area contributed by atoms with Gasteiger partial charge in [0.15, 0.2) is 0 Å². The van der Waals surface area contributed by atoms with Crippen LogP contribution in [0.2, 0.25) is 0 Å². The van der Waals surface area contributed by atoms with Crippen molar-refractivity contribution in [3.05, 3.63) is 35.9 Å². The fraction of sp³-hybridized carbons (Fsp3) is 0.533. The Hall–Kier alpha value is -1.35. The smallest absolute Gasteiger partial charge is 0.227 e. The molecule has 1 aliphatic rings. The molecule has 3 nitrogen and oxygen atoms in total. The molecule has 0 aromatic heterocycles. The fourth-order valence-electron chi connectivity index (χ4n) is 2.43. The number of piperidine rings is 1. The number of nitrogens with one attached hydrogen (secondary N) is 2. The number of hydrogen-bond donors (Lipinski definition) is 2. The van der Waals surface area contributed by atoms with E-state index in [4.69, 9.17) is 0 Å². The van der Waals surface area contributed by atoms with Crippen LogP contribution in [-0.4, -0.2) is 25.0 Å². The Morgan fingerprint density at radius 2 is 2.11 bits per heavy atom. The Bertz CT molecular complexity index is 391. The fourth-order valence-corrected chi connectivity index (χ4v) is 2.43. The van der Waals surface area contributed by atoms with Crippen molar-refractivity contribution < 1.29 is 4.79 Å². The summed E-state index contributed by atoms with van der Waals surface area (Å²) < 4.78 is 0. The van der Waals surface area contributed by atoms with Crippen molar-refractivity contribution in [3.63, 3.8) is 0 Å². The minimum Gasteiger partial charge on any atom is -0.352 e. The quantitative estimate of drug-likeness (QED) is 0.855. The average Bonchev–Trinajstić information content (AvgIpc) is 2.41. The minimum atomic E-state index is -0.0757. The molecule has 0 bridgehead atoms. The highest BCUT2D eigenvalue weighted by Gasteiger charge is 2.24. The second-order valence-corrected chi connectivity index (χ2v) is 5.22. The molecule has 0 saturated carbocycles. The Kier molecular flexibility index (Phi) is 4.37. The molecule has 2 rings (SSSR count). The summed E-state index contributed by atoms with van der Waals surface area (Å²) in [5, 5.41) is 6.54. The highest BCUT2D eigenvalue weighted by Crippen LogP contribution is 2.17. The molecular formula is C15H22N2O. The molecule has 1 aromatic rings. The van der Waals surface area contributed by atoms with Gasteiger partial charge in [-0.1, -0.05) is 37.3 Å². The van der Waals surface area contributed by atoms with Crippen LogP contribution in [0.3, 0.4) is 0 Å². The van der Waals surface area contributed by atoms with E-state index in [-0.39, 0.29) is 11.8 Å². The summed E-state index contributed by atoms with van der Waals surface area (Å²) >= 11 is 0. The Morgan fingerprint density at radius 1 is 1.39 bits per heavy atom. The van der Waals surface area contributed by atoms with E-state index < -0.39 is 0 Å². The van der Waals surface area contributed by atoms with Gasteiger partial charge in [0.05, 0.1) is 5.92 Å². The van der Waals surface area contributed by atoms with Crippen LogP contribution in [0.5, 0.6) is 0 Å². The summed E-state index contributed by atoms with van der Waals surface area (Å²) in [5.41, 5.74) is 1.08. The molecule has 1 fully saturated rings. The summed E-state index contributed by atoms with van der Waals surface area (Å²) in [7, 11) is 0. The molecule has 0 aliphatic carbocycles. The number of carbonyl (C=O) groups excluding carboxylic acids is 1. The van der Waals surface area contributed by atoms with Crippen LogP contribution >= 0.6 is 0 Å². The lowest BCUT2D eigenvalue weighted by Gasteiger charge is -2.31. The first-order chi connectivity index (χ1) is 8.68. The van der Waals surface area contributed by atoms with Crippen molar-refractivity contribution in [2.45, 2.75) is 32.2 Å². The minimum absolute atomic E-state index is 0.0757. The van der Waals surface area contributed by atoms with Crippen LogP contribution < -0.4 is 10.6 Å². The Labute approximate surface area is 109 Å². The third-order valence-corrected chi connectivity index (χ3v) is 3.81. The molecule has 0 spiro atoms. The van der Waals surface area contributed by atoms with Gasteiger partial charge in [-0.25, -0.2) is 0 Å². The zero-order valence-electron chi connectivity index (χ0n) is 11.1. The molecule has 18 heavy (non-hydrogen) atoms. The van der Waals surface area contributed by atoms with Crippen molar-refractivity contribution in [1.82, 2.24) is 10.6 Å². The molecule has 0 radical (unpaired) electrons. The monoisotopic (exact) mass is 246 g/mol. The molecule has 2 N–H and O–H groups in total. The third kappa shape index (κ3) is 3.10. The van der Waals surface area contributed by atoms with Gasteiger partial charge in [-0.3, -0.25) is 4.79 Å². The SMILES string of the molecule is CC(C(=O)NC1CCNCC1C)c1ccccc1. The lowest BCUT2D eigenvalue weighted by molar-refractivity contribution is -0.123. The van der Waals surface area contributed by atoms with Crippen molar-refractivity contribution in [1.29, 1.82) is 0 Å². The first-order valence-electron chi connectivity index (χ1n) is 6.74. The summed E-state index contributed by atoms with van der Waals surface area (Å²) in [5.74, 6) is 0.568. The number of benzene rings is 1. The van der Waals surface area contributed by atoms with Crippen LogP contribution in [0.4, 0.5) is 0 Å². The van der Waals surface area contributed by atoms with Gasteiger partial charge in [0, 0.05) is 6.04 Å². The lowest BCUT2D eigenvalue weighted by Crippen LogP contribution is -2.49. The number of rotatable bonds is 3. The zero-order valence-corrected chi connectivity index (χ0v) is 11.1. The van der Waals surface area contributed by atoms with Crippen LogP contribution in [0, 0.1) is 5.92 Å². The molecule has 1 saturated heterocycles. The maximum absolute atomic E-state index is 12.2. The van der Waals surface area contributed by atoms with Gasteiger partial charge in [-0.2, -0.15) is 0 Å². The molecule has 1 aliphatic heterocycles. The normalized spacial score (nSPS) is 25.4. The Morgan fingerprint density at radius 3 is 2.78 bits per heavy atom. The van der Waals surface area contributed by atoms with E-state index in [0.29, 0.717) is 12.0 Å². The zero-order chi connectivity index (χ0) is 13.0. The van der Waals surface area contributed by atoms with E-state index in [1.807, 2.05) is 37.3 Å². The van der Waals surface area contributed by atoms with Gasteiger partial charge in [-0.05, 0) is 37.9 Å². The highest BCUT2D eigenvalue weighted by atomic mass is 16.1. The first-order valence-corrected chi connectivity index (χ1v) is 6.74. The maximum Gasteiger partial charge on any atom is 0.227 e. The van der Waals surface area contributed by atoms with E-state index in [9.17, 15) is 4.79 Å². The van der Waals surface area contributed by atoms with E-state index in [1.165, 1.54) is 0 Å². The second-order valence-electron chi connectivity index (χ2n) is 5.22. The van der Waals surface area contributed by atoms with Crippen molar-refractivity contribution in [2.75, 3.05) is 13.1 Å². The summed E-state index contributed by atoms with van der Waals surface area (Å²) in [6.45, 7) is 6.14. The van der Waals surface area contributed by atoms with Crippen LogP contribution in [0.25, 0.3) is 0 Å². The first kappa shape index (κ1) is 13.1. The van der Waals surface area contributed by atoms with Gasteiger partial charge in [0.1, 0.15) is 0 Å². The van der Waals surface area contributed by atoms with Gasteiger partial charge >= 0.3 is 0 Å². The summed E-state index contributed by atoms with van der Waals surface area (Å²) in [6, 6.07) is 10.3. The lowest BCUT2D eigenvalue weighted by atomic mass is 9.93. The number of hydrogen-bond acceptors (Lipinski definition) is 2. The summed E-state index contributed by atoms with van der Waals surface area (Å²) in [4.78, 5) is 12.2. The van der Waals surface area contributed by atoms with E-state index >= 15 is 0 Å². The second kappa shape index (κ2) is 6.01. The molecule has 1 heterocycles. The van der Waals surface area contributed by atoms with E-state index in [2.05, 4.69) is 17.6 Å². The predicted octanol–water partition coefficient (Wildman–Crippen LogP) is 1.90. The highest BCUT2D eigenvalue weighted by molar-refractivity contribution is 5.83. The van der Waals surface area contributed by atoms with Crippen molar-refractivity contribution in [2.24, 2.45) is 5.92 Å². The molecular weight excluding hydrogens is 224 g/mol. The standard InChI is InChI=1S/C15H22N2O/c1-11-10-16-9-8-14(11)17-15(18)12(2)13-6-4-3-5-7-13/h3-7,11-12,14,16H,8-10H2,1-2H3,(H,17,18). The van der Waals surface area contributed by atoms with Crippen LogP contribution in [0.15, 0.2) is 30.3 Å². The van der Waals surface area contributed by atoms with Gasteiger partial charge < -0.3 is 10.6 Å². The van der Waals surface area contributed by atoms with Gasteiger partial charge in [-0.15, -0.1) is 0 Å². The van der Waals surface area contributed by atoms with E-state index in [1.54, 1.807) is 0 Å². The molecule has 3 unspecified atom stereocenters. The third-order valence-electron chi connectivity index (χ3n) is 3.81. The molecule has 3 atom stereocenters. The molecule has 1 aromatic carbocycles. The van der Waals surface area contributed by atoms with E-state index in [0.717, 1.165) is 25.1 Å².